The Labute approximate surface area is 305 Å². The van der Waals surface area contributed by atoms with Crippen LogP contribution in [0.15, 0.2) is 182 Å². The van der Waals surface area contributed by atoms with E-state index in [2.05, 4.69) is 168 Å². The first-order chi connectivity index (χ1) is 26.3. The molecule has 2 heterocycles. The van der Waals surface area contributed by atoms with E-state index in [-0.39, 0.29) is 0 Å². The minimum atomic E-state index is 0.640. The van der Waals surface area contributed by atoms with Crippen molar-refractivity contribution in [3.05, 3.63) is 182 Å². The molecule has 4 heteroatoms. The second kappa shape index (κ2) is 11.7. The van der Waals surface area contributed by atoms with Crippen molar-refractivity contribution in [3.63, 3.8) is 0 Å². The Hall–Kier alpha value is -7.17. The Bertz CT molecular complexity index is 3170. The van der Waals surface area contributed by atoms with E-state index in [1.54, 1.807) is 0 Å². The lowest BCUT2D eigenvalue weighted by molar-refractivity contribution is 1.07. The van der Waals surface area contributed by atoms with E-state index >= 15 is 0 Å². The summed E-state index contributed by atoms with van der Waals surface area (Å²) in [5.74, 6) is 1.93. The van der Waals surface area contributed by atoms with Crippen molar-refractivity contribution in [2.45, 2.75) is 0 Å². The molecule has 0 aliphatic carbocycles. The lowest BCUT2D eigenvalue weighted by Crippen LogP contribution is -2.00. The maximum absolute atomic E-state index is 5.18. The highest BCUT2D eigenvalue weighted by atomic mass is 15.0. The van der Waals surface area contributed by atoms with Crippen molar-refractivity contribution in [1.29, 1.82) is 0 Å². The smallest absolute Gasteiger partial charge is 0.164 e. The van der Waals surface area contributed by atoms with Gasteiger partial charge in [0, 0.05) is 32.8 Å². The van der Waals surface area contributed by atoms with Crippen LogP contribution in [-0.2, 0) is 0 Å². The third-order valence-corrected chi connectivity index (χ3v) is 10.6. The molecule has 0 amide bonds. The summed E-state index contributed by atoms with van der Waals surface area (Å²) in [6.45, 7) is 0. The fraction of sp³-hybridized carbons (Fsp3) is 0. The van der Waals surface area contributed by atoms with E-state index in [0.717, 1.165) is 33.2 Å². The van der Waals surface area contributed by atoms with Crippen molar-refractivity contribution in [1.82, 2.24) is 19.5 Å². The number of para-hydroxylation sites is 2. The molecule has 0 aliphatic rings. The van der Waals surface area contributed by atoms with Crippen LogP contribution in [0.5, 0.6) is 0 Å². The van der Waals surface area contributed by atoms with Gasteiger partial charge >= 0.3 is 0 Å². The third-order valence-electron chi connectivity index (χ3n) is 10.6. The SMILES string of the molecule is c1ccc(-c2nc(-c3ccc4c(-n5c6ccccc6c6ccccc65)cccc4c3)nc(-c3ccc4ccc5ccc6ccccc6c5c4c3)n2)cc1. The Morgan fingerprint density at radius 1 is 0.302 bits per heavy atom. The van der Waals surface area contributed by atoms with Crippen molar-refractivity contribution < 1.29 is 0 Å². The van der Waals surface area contributed by atoms with Gasteiger partial charge in [-0.15, -0.1) is 0 Å². The van der Waals surface area contributed by atoms with Gasteiger partial charge in [0.15, 0.2) is 17.5 Å². The Kier molecular flexibility index (Phi) is 6.52. The zero-order valence-corrected chi connectivity index (χ0v) is 28.6. The first kappa shape index (κ1) is 29.5. The summed E-state index contributed by atoms with van der Waals surface area (Å²) in [6, 6.07) is 64.6. The standard InChI is InChI=1S/C49H30N4/c1-2-12-34(13-3-1)47-50-48(52-49(51-47)37-26-23-32-22-25-33-24-21-31-11-4-5-15-39(31)46(33)42(32)30-37)36-27-28-38-35(29-36)14-10-20-43(38)53-44-18-8-6-16-40(44)41-17-7-9-19-45(41)53/h1-30H. The molecule has 246 valence electrons. The molecule has 4 nitrogen and oxygen atoms in total. The molecule has 0 N–H and O–H groups in total. The molecule has 0 saturated carbocycles. The van der Waals surface area contributed by atoms with Crippen molar-refractivity contribution in [2.24, 2.45) is 0 Å². The van der Waals surface area contributed by atoms with Crippen molar-refractivity contribution in [3.8, 4) is 39.9 Å². The summed E-state index contributed by atoms with van der Waals surface area (Å²) in [4.78, 5) is 15.4. The van der Waals surface area contributed by atoms with Crippen LogP contribution < -0.4 is 0 Å². The average Bonchev–Trinajstić information content (AvgIpc) is 3.57. The van der Waals surface area contributed by atoms with E-state index in [0.29, 0.717) is 17.5 Å². The van der Waals surface area contributed by atoms with Crippen molar-refractivity contribution >= 4 is 64.9 Å². The zero-order chi connectivity index (χ0) is 34.9. The van der Waals surface area contributed by atoms with Gasteiger partial charge in [-0.1, -0.05) is 152 Å². The highest BCUT2D eigenvalue weighted by Gasteiger charge is 2.17. The normalized spacial score (nSPS) is 11.8. The molecule has 53 heavy (non-hydrogen) atoms. The number of hydrogen-bond donors (Lipinski definition) is 0. The highest BCUT2D eigenvalue weighted by molar-refractivity contribution is 6.20. The number of hydrogen-bond acceptors (Lipinski definition) is 3. The van der Waals surface area contributed by atoms with Crippen LogP contribution in [0.4, 0.5) is 0 Å². The maximum Gasteiger partial charge on any atom is 0.164 e. The summed E-state index contributed by atoms with van der Waals surface area (Å²) in [5.41, 5.74) is 6.36. The topological polar surface area (TPSA) is 43.6 Å². The summed E-state index contributed by atoms with van der Waals surface area (Å²) in [7, 11) is 0. The molecule has 0 atom stereocenters. The lowest BCUT2D eigenvalue weighted by atomic mass is 9.95. The molecular formula is C49H30N4. The third kappa shape index (κ3) is 4.73. The number of fused-ring (bicyclic) bond motifs is 9. The molecule has 11 rings (SSSR count). The largest absolute Gasteiger partial charge is 0.309 e. The second-order valence-electron chi connectivity index (χ2n) is 13.6. The van der Waals surface area contributed by atoms with Crippen LogP contribution in [0.2, 0.25) is 0 Å². The van der Waals surface area contributed by atoms with Gasteiger partial charge in [0.05, 0.1) is 16.7 Å². The van der Waals surface area contributed by atoms with Crippen LogP contribution >= 0.6 is 0 Å². The number of rotatable bonds is 4. The molecular weight excluding hydrogens is 645 g/mol. The molecule has 0 saturated heterocycles. The van der Waals surface area contributed by atoms with Crippen LogP contribution in [-0.4, -0.2) is 19.5 Å². The van der Waals surface area contributed by atoms with E-state index in [4.69, 9.17) is 15.0 Å². The van der Waals surface area contributed by atoms with E-state index < -0.39 is 0 Å². The molecule has 9 aromatic carbocycles. The first-order valence-electron chi connectivity index (χ1n) is 17.9. The molecule has 0 fully saturated rings. The number of nitrogens with zero attached hydrogens (tertiary/aromatic N) is 4. The molecule has 0 unspecified atom stereocenters. The van der Waals surface area contributed by atoms with Gasteiger partial charge in [-0.05, 0) is 68.0 Å². The van der Waals surface area contributed by atoms with E-state index in [1.807, 2.05) is 18.2 Å². The molecule has 11 aromatic rings. The lowest BCUT2D eigenvalue weighted by Gasteiger charge is -2.13. The van der Waals surface area contributed by atoms with Gasteiger partial charge in [-0.2, -0.15) is 0 Å². The van der Waals surface area contributed by atoms with Crippen LogP contribution in [0.25, 0.3) is 105 Å². The minimum absolute atomic E-state index is 0.640. The summed E-state index contributed by atoms with van der Waals surface area (Å²) < 4.78 is 2.38. The number of benzene rings is 9. The fourth-order valence-electron chi connectivity index (χ4n) is 8.10. The van der Waals surface area contributed by atoms with Crippen molar-refractivity contribution in [2.75, 3.05) is 0 Å². The average molecular weight is 675 g/mol. The predicted molar refractivity (Wildman–Crippen MR) is 220 cm³/mol. The van der Waals surface area contributed by atoms with Crippen LogP contribution in [0.1, 0.15) is 0 Å². The van der Waals surface area contributed by atoms with Crippen LogP contribution in [0, 0.1) is 0 Å². The molecule has 2 aromatic heterocycles. The van der Waals surface area contributed by atoms with Gasteiger partial charge in [-0.25, -0.2) is 15.0 Å². The molecule has 0 spiro atoms. The van der Waals surface area contributed by atoms with Gasteiger partial charge in [0.25, 0.3) is 0 Å². The summed E-state index contributed by atoms with van der Waals surface area (Å²) in [6.07, 6.45) is 0. The van der Waals surface area contributed by atoms with Gasteiger partial charge < -0.3 is 4.57 Å². The Morgan fingerprint density at radius 3 is 1.57 bits per heavy atom. The van der Waals surface area contributed by atoms with E-state index in [1.165, 1.54) is 54.1 Å². The number of aromatic nitrogens is 4. The minimum Gasteiger partial charge on any atom is -0.309 e. The van der Waals surface area contributed by atoms with Gasteiger partial charge in [0.1, 0.15) is 0 Å². The first-order valence-corrected chi connectivity index (χ1v) is 17.9. The van der Waals surface area contributed by atoms with Crippen LogP contribution in [0.3, 0.4) is 0 Å². The second-order valence-corrected chi connectivity index (χ2v) is 13.6. The highest BCUT2D eigenvalue weighted by Crippen LogP contribution is 2.37. The molecule has 0 radical (unpaired) electrons. The zero-order valence-electron chi connectivity index (χ0n) is 28.6. The Morgan fingerprint density at radius 2 is 0.830 bits per heavy atom. The Balaban J connectivity index is 1.10. The quantitative estimate of drug-likeness (QED) is 0.175. The summed E-state index contributed by atoms with van der Waals surface area (Å²) in [5, 5.41) is 12.1. The summed E-state index contributed by atoms with van der Waals surface area (Å²) >= 11 is 0. The fourth-order valence-corrected chi connectivity index (χ4v) is 8.10. The predicted octanol–water partition coefficient (Wildman–Crippen LogP) is 12.6. The van der Waals surface area contributed by atoms with Gasteiger partial charge in [-0.3, -0.25) is 0 Å². The molecule has 0 aliphatic heterocycles. The van der Waals surface area contributed by atoms with E-state index in [9.17, 15) is 0 Å². The monoisotopic (exact) mass is 674 g/mol. The van der Waals surface area contributed by atoms with Gasteiger partial charge in [0.2, 0.25) is 0 Å². The molecule has 0 bridgehead atoms. The maximum atomic E-state index is 5.18.